The van der Waals surface area contributed by atoms with Crippen LogP contribution in [0.4, 0.5) is 8.78 Å². The van der Waals surface area contributed by atoms with Gasteiger partial charge in [0.25, 0.3) is 6.43 Å². The second kappa shape index (κ2) is 4.43. The fourth-order valence-corrected chi connectivity index (χ4v) is 1.33. The van der Waals surface area contributed by atoms with E-state index >= 15 is 0 Å². The summed E-state index contributed by atoms with van der Waals surface area (Å²) >= 11 is 5.61. The van der Waals surface area contributed by atoms with Crippen LogP contribution >= 0.6 is 11.6 Å². The van der Waals surface area contributed by atoms with Gasteiger partial charge in [-0.2, -0.15) is 0 Å². The van der Waals surface area contributed by atoms with Gasteiger partial charge < -0.3 is 5.73 Å². The van der Waals surface area contributed by atoms with Crippen LogP contribution in [0.1, 0.15) is 28.0 Å². The van der Waals surface area contributed by atoms with Crippen molar-refractivity contribution in [3.63, 3.8) is 0 Å². The van der Waals surface area contributed by atoms with Gasteiger partial charge in [0.2, 0.25) is 0 Å². The lowest BCUT2D eigenvalue weighted by atomic mass is 10.1. The van der Waals surface area contributed by atoms with Crippen molar-refractivity contribution in [2.75, 3.05) is 0 Å². The van der Waals surface area contributed by atoms with Crippen molar-refractivity contribution in [2.45, 2.75) is 13.0 Å². The number of hydrogen-bond donors (Lipinski definition) is 1. The molecular formula is C8H7ClF2N2O. The highest BCUT2D eigenvalue weighted by Crippen LogP contribution is 2.28. The molecule has 14 heavy (non-hydrogen) atoms. The molecule has 0 aliphatic heterocycles. The minimum Gasteiger partial charge on any atom is -0.326 e. The average molecular weight is 221 g/mol. The maximum Gasteiger partial charge on any atom is 0.281 e. The third kappa shape index (κ3) is 1.88. The van der Waals surface area contributed by atoms with Crippen LogP contribution in [-0.4, -0.2) is 11.3 Å². The van der Waals surface area contributed by atoms with Crippen LogP contribution in [0.15, 0.2) is 6.20 Å². The van der Waals surface area contributed by atoms with Crippen LogP contribution in [0, 0.1) is 0 Å². The van der Waals surface area contributed by atoms with E-state index in [9.17, 15) is 13.6 Å². The summed E-state index contributed by atoms with van der Waals surface area (Å²) in [7, 11) is 0. The second-order valence-electron chi connectivity index (χ2n) is 2.51. The van der Waals surface area contributed by atoms with Gasteiger partial charge in [0, 0.05) is 18.3 Å². The summed E-state index contributed by atoms with van der Waals surface area (Å²) in [6, 6.07) is 0. The summed E-state index contributed by atoms with van der Waals surface area (Å²) in [4.78, 5) is 13.9. The molecule has 0 radical (unpaired) electrons. The molecule has 0 aromatic carbocycles. The molecule has 0 saturated carbocycles. The molecule has 0 aliphatic carbocycles. The van der Waals surface area contributed by atoms with Crippen molar-refractivity contribution < 1.29 is 13.6 Å². The van der Waals surface area contributed by atoms with E-state index in [1.54, 1.807) is 0 Å². The van der Waals surface area contributed by atoms with Crippen molar-refractivity contribution in [1.29, 1.82) is 0 Å². The Balaban J connectivity index is 3.34. The van der Waals surface area contributed by atoms with Crippen LogP contribution in [0.3, 0.4) is 0 Å². The van der Waals surface area contributed by atoms with Crippen molar-refractivity contribution in [3.8, 4) is 0 Å². The zero-order chi connectivity index (χ0) is 10.7. The van der Waals surface area contributed by atoms with Gasteiger partial charge >= 0.3 is 0 Å². The molecule has 0 saturated heterocycles. The number of aromatic nitrogens is 1. The molecular weight excluding hydrogens is 214 g/mol. The number of aldehydes is 1. The maximum absolute atomic E-state index is 12.3. The van der Waals surface area contributed by atoms with Crippen LogP contribution in [-0.2, 0) is 6.54 Å². The molecule has 0 bridgehead atoms. The number of rotatable bonds is 3. The Labute approximate surface area is 83.9 Å². The van der Waals surface area contributed by atoms with Gasteiger partial charge in [-0.25, -0.2) is 8.78 Å². The molecule has 2 N–H and O–H groups in total. The Kier molecular flexibility index (Phi) is 3.49. The van der Waals surface area contributed by atoms with Gasteiger partial charge in [-0.3, -0.25) is 9.78 Å². The zero-order valence-corrected chi connectivity index (χ0v) is 7.76. The summed E-state index contributed by atoms with van der Waals surface area (Å²) in [6.07, 6.45) is -1.24. The van der Waals surface area contributed by atoms with Crippen LogP contribution in [0.5, 0.6) is 0 Å². The number of pyridine rings is 1. The Bertz CT molecular complexity index is 357. The van der Waals surface area contributed by atoms with E-state index in [0.29, 0.717) is 6.29 Å². The lowest BCUT2D eigenvalue weighted by Crippen LogP contribution is -2.06. The Morgan fingerprint density at radius 1 is 1.64 bits per heavy atom. The van der Waals surface area contributed by atoms with E-state index < -0.39 is 12.1 Å². The molecule has 76 valence electrons. The summed E-state index contributed by atoms with van der Waals surface area (Å²) < 4.78 is 24.6. The molecule has 1 heterocycles. The standard InChI is InChI=1S/C8H7ClF2N2O/c9-6-5(1-12)4(3-14)2-13-7(6)8(10)11/h2-3,8H,1,12H2. The van der Waals surface area contributed by atoms with Crippen molar-refractivity contribution in [1.82, 2.24) is 4.98 Å². The Morgan fingerprint density at radius 2 is 2.29 bits per heavy atom. The molecule has 0 atom stereocenters. The number of carbonyl (C=O) groups excluding carboxylic acids is 1. The summed E-state index contributed by atoms with van der Waals surface area (Å²) in [6.45, 7) is -0.0743. The summed E-state index contributed by atoms with van der Waals surface area (Å²) in [5.41, 5.74) is 5.08. The summed E-state index contributed by atoms with van der Waals surface area (Å²) in [5, 5.41) is -0.230. The van der Waals surface area contributed by atoms with Crippen molar-refractivity contribution in [3.05, 3.63) is 28.0 Å². The number of halogens is 3. The molecule has 0 unspecified atom stereocenters. The highest BCUT2D eigenvalue weighted by atomic mass is 35.5. The number of nitrogens with zero attached hydrogens (tertiary/aromatic N) is 1. The van der Waals surface area contributed by atoms with Crippen molar-refractivity contribution in [2.24, 2.45) is 5.73 Å². The normalized spacial score (nSPS) is 10.6. The first-order valence-corrected chi connectivity index (χ1v) is 4.10. The molecule has 3 nitrogen and oxygen atoms in total. The van der Waals surface area contributed by atoms with Crippen LogP contribution < -0.4 is 5.73 Å². The first-order chi connectivity index (χ1) is 6.61. The molecule has 0 spiro atoms. The number of carbonyl (C=O) groups is 1. The number of alkyl halides is 2. The number of hydrogen-bond acceptors (Lipinski definition) is 3. The van der Waals surface area contributed by atoms with E-state index in [0.717, 1.165) is 6.20 Å². The molecule has 0 aliphatic rings. The third-order valence-electron chi connectivity index (χ3n) is 1.72. The first kappa shape index (κ1) is 11.0. The van der Waals surface area contributed by atoms with E-state index in [-0.39, 0.29) is 22.7 Å². The highest BCUT2D eigenvalue weighted by Gasteiger charge is 2.18. The fraction of sp³-hybridized carbons (Fsp3) is 0.250. The first-order valence-electron chi connectivity index (χ1n) is 3.72. The smallest absolute Gasteiger partial charge is 0.281 e. The molecule has 6 heteroatoms. The minimum atomic E-state index is -2.77. The Morgan fingerprint density at radius 3 is 2.71 bits per heavy atom. The Hall–Kier alpha value is -1.07. The largest absolute Gasteiger partial charge is 0.326 e. The van der Waals surface area contributed by atoms with Gasteiger partial charge in [0.15, 0.2) is 6.29 Å². The fourth-order valence-electron chi connectivity index (χ4n) is 1.02. The minimum absolute atomic E-state index is 0.0743. The zero-order valence-electron chi connectivity index (χ0n) is 7.01. The van der Waals surface area contributed by atoms with Gasteiger partial charge in [-0.05, 0) is 5.56 Å². The molecule has 1 aromatic heterocycles. The maximum atomic E-state index is 12.3. The van der Waals surface area contributed by atoms with E-state index in [4.69, 9.17) is 17.3 Å². The van der Waals surface area contributed by atoms with Gasteiger partial charge in [-0.15, -0.1) is 0 Å². The van der Waals surface area contributed by atoms with Gasteiger partial charge in [0.1, 0.15) is 5.69 Å². The molecule has 1 rings (SSSR count). The van der Waals surface area contributed by atoms with E-state index in [1.807, 2.05) is 0 Å². The molecule has 1 aromatic rings. The van der Waals surface area contributed by atoms with E-state index in [1.165, 1.54) is 0 Å². The van der Waals surface area contributed by atoms with Crippen LogP contribution in [0.25, 0.3) is 0 Å². The van der Waals surface area contributed by atoms with Gasteiger partial charge in [-0.1, -0.05) is 11.6 Å². The van der Waals surface area contributed by atoms with Crippen LogP contribution in [0.2, 0.25) is 5.02 Å². The quantitative estimate of drug-likeness (QED) is 0.792. The predicted octanol–water partition coefficient (Wildman–Crippen LogP) is 1.94. The highest BCUT2D eigenvalue weighted by molar-refractivity contribution is 6.32. The third-order valence-corrected chi connectivity index (χ3v) is 2.14. The molecule has 0 fully saturated rings. The molecule has 0 amide bonds. The predicted molar refractivity (Wildman–Crippen MR) is 47.5 cm³/mol. The van der Waals surface area contributed by atoms with E-state index in [2.05, 4.69) is 4.98 Å². The topological polar surface area (TPSA) is 56.0 Å². The number of nitrogens with two attached hydrogens (primary N) is 1. The summed E-state index contributed by atoms with van der Waals surface area (Å²) in [5.74, 6) is 0. The lowest BCUT2D eigenvalue weighted by molar-refractivity contribution is 0.112. The van der Waals surface area contributed by atoms with Gasteiger partial charge in [0.05, 0.1) is 5.02 Å². The monoisotopic (exact) mass is 220 g/mol. The second-order valence-corrected chi connectivity index (χ2v) is 2.89. The average Bonchev–Trinajstić information content (AvgIpc) is 2.16. The SMILES string of the molecule is NCc1c(C=O)cnc(C(F)F)c1Cl. The van der Waals surface area contributed by atoms with Crippen molar-refractivity contribution >= 4 is 17.9 Å². The lowest BCUT2D eigenvalue weighted by Gasteiger charge is -2.08.